The maximum absolute atomic E-state index is 6.62. The summed E-state index contributed by atoms with van der Waals surface area (Å²) in [4.78, 5) is 4.61. The average Bonchev–Trinajstić information content (AvgIpc) is 2.19. The van der Waals surface area contributed by atoms with Crippen LogP contribution in [0.25, 0.3) is 0 Å². The Morgan fingerprint density at radius 1 is 1.31 bits per heavy atom. The Balaban J connectivity index is 1.89. The molecule has 1 aliphatic carbocycles. The van der Waals surface area contributed by atoms with Gasteiger partial charge in [0.1, 0.15) is 0 Å². The van der Waals surface area contributed by atoms with Crippen molar-refractivity contribution in [2.75, 3.05) is 6.54 Å². The summed E-state index contributed by atoms with van der Waals surface area (Å²) in [5.74, 6) is 0.954. The van der Waals surface area contributed by atoms with Gasteiger partial charge in [0, 0.05) is 6.54 Å². The van der Waals surface area contributed by atoms with Gasteiger partial charge in [0.2, 0.25) is 0 Å². The first-order valence-electron chi connectivity index (χ1n) is 5.31. The second-order valence-electron chi connectivity index (χ2n) is 3.78. The maximum Gasteiger partial charge on any atom is 0.193 e. The molecule has 1 aliphatic rings. The first-order chi connectivity index (χ1) is 6.43. The summed E-state index contributed by atoms with van der Waals surface area (Å²) in [5, 5.41) is 6.62. The highest BCUT2D eigenvalue weighted by Gasteiger charge is 2.12. The molecule has 0 aromatic heterocycles. The van der Waals surface area contributed by atoms with Crippen molar-refractivity contribution in [3.8, 4) is 0 Å². The molecule has 1 rings (SSSR count). The summed E-state index contributed by atoms with van der Waals surface area (Å²) in [5.41, 5.74) is 2.73. The van der Waals surface area contributed by atoms with Gasteiger partial charge in [-0.2, -0.15) is 5.48 Å². The molecule has 13 heavy (non-hydrogen) atoms. The van der Waals surface area contributed by atoms with Crippen molar-refractivity contribution >= 4 is 6.40 Å². The topological polar surface area (TPSA) is 45.1 Å². The molecule has 1 fully saturated rings. The lowest BCUT2D eigenvalue weighted by molar-refractivity contribution is 0.184. The van der Waals surface area contributed by atoms with Gasteiger partial charge in [-0.05, 0) is 18.8 Å². The largest absolute Gasteiger partial charge is 0.397 e. The van der Waals surface area contributed by atoms with Gasteiger partial charge in [-0.15, -0.1) is 0 Å². The van der Waals surface area contributed by atoms with E-state index in [9.17, 15) is 0 Å². The van der Waals surface area contributed by atoms with Gasteiger partial charge in [0.05, 0.1) is 0 Å². The summed E-state index contributed by atoms with van der Waals surface area (Å²) >= 11 is 0. The quantitative estimate of drug-likeness (QED) is 0.288. The van der Waals surface area contributed by atoms with Crippen LogP contribution in [0.5, 0.6) is 0 Å². The van der Waals surface area contributed by atoms with E-state index in [1.165, 1.54) is 44.9 Å². The van der Waals surface area contributed by atoms with Gasteiger partial charge < -0.3 is 4.84 Å². The molecule has 0 radical (unpaired) electrons. The highest BCUT2D eigenvalue weighted by molar-refractivity contribution is 5.40. The third-order valence-electron chi connectivity index (χ3n) is 2.76. The van der Waals surface area contributed by atoms with Gasteiger partial charge in [0.25, 0.3) is 0 Å². The van der Waals surface area contributed by atoms with Crippen molar-refractivity contribution in [1.29, 1.82) is 5.41 Å². The van der Waals surface area contributed by atoms with Crippen LogP contribution in [0.1, 0.15) is 44.9 Å². The number of rotatable bonds is 6. The molecule has 2 N–H and O–H groups in total. The fourth-order valence-corrected chi connectivity index (χ4v) is 2.04. The van der Waals surface area contributed by atoms with Gasteiger partial charge in [0.15, 0.2) is 6.40 Å². The van der Waals surface area contributed by atoms with Crippen LogP contribution < -0.4 is 5.48 Å². The lowest BCUT2D eigenvalue weighted by atomic mass is 9.86. The molecule has 0 unspecified atom stereocenters. The van der Waals surface area contributed by atoms with Crippen molar-refractivity contribution in [3.63, 3.8) is 0 Å². The summed E-state index contributed by atoms with van der Waals surface area (Å²) < 4.78 is 0. The molecule has 3 heteroatoms. The predicted octanol–water partition coefficient (Wildman–Crippen LogP) is 2.48. The minimum absolute atomic E-state index is 0.867. The predicted molar refractivity (Wildman–Crippen MR) is 53.7 cm³/mol. The lowest BCUT2D eigenvalue weighted by Crippen LogP contribution is -2.16. The van der Waals surface area contributed by atoms with Gasteiger partial charge in [-0.1, -0.05) is 32.1 Å². The molecule has 0 aliphatic heterocycles. The average molecular weight is 184 g/mol. The third-order valence-corrected chi connectivity index (χ3v) is 2.76. The smallest absolute Gasteiger partial charge is 0.193 e. The highest BCUT2D eigenvalue weighted by atomic mass is 16.6. The zero-order chi connectivity index (χ0) is 9.36. The molecule has 76 valence electrons. The lowest BCUT2D eigenvalue weighted by Gasteiger charge is -2.21. The van der Waals surface area contributed by atoms with E-state index < -0.39 is 0 Å². The van der Waals surface area contributed by atoms with Crippen molar-refractivity contribution in [2.24, 2.45) is 5.92 Å². The first kappa shape index (κ1) is 10.5. The molecule has 0 aromatic carbocycles. The zero-order valence-electron chi connectivity index (χ0n) is 8.22. The standard InChI is InChI=1S/C10H20N2O/c11-9-13-12-8-4-7-10-5-2-1-3-6-10/h9-12H,1-8H2. The van der Waals surface area contributed by atoms with Crippen LogP contribution in [0.15, 0.2) is 0 Å². The van der Waals surface area contributed by atoms with Crippen molar-refractivity contribution in [1.82, 2.24) is 5.48 Å². The Morgan fingerprint density at radius 3 is 2.77 bits per heavy atom. The summed E-state index contributed by atoms with van der Waals surface area (Å²) in [6.07, 6.45) is 10.5. The Bertz CT molecular complexity index is 133. The van der Waals surface area contributed by atoms with Crippen molar-refractivity contribution in [2.45, 2.75) is 44.9 Å². The Morgan fingerprint density at radius 2 is 2.08 bits per heavy atom. The Labute approximate surface area is 80.3 Å². The summed E-state index contributed by atoms with van der Waals surface area (Å²) in [6, 6.07) is 0. The molecular weight excluding hydrogens is 164 g/mol. The van der Waals surface area contributed by atoms with Gasteiger partial charge >= 0.3 is 0 Å². The van der Waals surface area contributed by atoms with Crippen LogP contribution in [-0.2, 0) is 4.84 Å². The molecule has 3 nitrogen and oxygen atoms in total. The molecule has 0 aromatic rings. The molecule has 0 bridgehead atoms. The zero-order valence-corrected chi connectivity index (χ0v) is 8.22. The summed E-state index contributed by atoms with van der Waals surface area (Å²) in [7, 11) is 0. The minimum atomic E-state index is 0.867. The fourth-order valence-electron chi connectivity index (χ4n) is 2.04. The van der Waals surface area contributed by atoms with Crippen LogP contribution in [0.3, 0.4) is 0 Å². The van der Waals surface area contributed by atoms with E-state index in [4.69, 9.17) is 5.41 Å². The van der Waals surface area contributed by atoms with E-state index >= 15 is 0 Å². The van der Waals surface area contributed by atoms with E-state index in [2.05, 4.69) is 10.3 Å². The molecule has 1 saturated carbocycles. The van der Waals surface area contributed by atoms with E-state index in [-0.39, 0.29) is 0 Å². The molecular formula is C10H20N2O. The first-order valence-corrected chi connectivity index (χ1v) is 5.31. The highest BCUT2D eigenvalue weighted by Crippen LogP contribution is 2.26. The van der Waals surface area contributed by atoms with Crippen LogP contribution in [0.2, 0.25) is 0 Å². The van der Waals surface area contributed by atoms with E-state index in [1.807, 2.05) is 0 Å². The number of hydrogen-bond donors (Lipinski definition) is 2. The second-order valence-corrected chi connectivity index (χ2v) is 3.78. The number of hydroxylamine groups is 1. The van der Waals surface area contributed by atoms with E-state index in [1.54, 1.807) is 0 Å². The van der Waals surface area contributed by atoms with E-state index in [0.717, 1.165) is 18.9 Å². The van der Waals surface area contributed by atoms with Crippen molar-refractivity contribution < 1.29 is 4.84 Å². The Hall–Kier alpha value is -0.570. The normalized spacial score (nSPS) is 18.5. The van der Waals surface area contributed by atoms with Crippen LogP contribution in [-0.4, -0.2) is 12.9 Å². The molecule has 0 atom stereocenters. The Kier molecular flexibility index (Phi) is 5.57. The minimum Gasteiger partial charge on any atom is -0.397 e. The van der Waals surface area contributed by atoms with Gasteiger partial charge in [-0.25, -0.2) is 0 Å². The van der Waals surface area contributed by atoms with Crippen molar-refractivity contribution in [3.05, 3.63) is 0 Å². The summed E-state index contributed by atoms with van der Waals surface area (Å²) in [6.45, 7) is 0.867. The second kappa shape index (κ2) is 6.89. The van der Waals surface area contributed by atoms with E-state index in [0.29, 0.717) is 0 Å². The maximum atomic E-state index is 6.62. The third kappa shape index (κ3) is 4.88. The molecule has 0 amide bonds. The number of nitrogens with one attached hydrogen (secondary N) is 2. The molecule has 0 heterocycles. The van der Waals surface area contributed by atoms with Crippen LogP contribution in [0.4, 0.5) is 0 Å². The van der Waals surface area contributed by atoms with Gasteiger partial charge in [-0.3, -0.25) is 5.41 Å². The molecule has 0 spiro atoms. The monoisotopic (exact) mass is 184 g/mol. The SMILES string of the molecule is N=CONCCCC1CCCCC1. The fraction of sp³-hybridized carbons (Fsp3) is 0.900. The molecule has 0 saturated heterocycles. The van der Waals surface area contributed by atoms with Crippen LogP contribution >= 0.6 is 0 Å². The number of hydrogen-bond acceptors (Lipinski definition) is 3. The van der Waals surface area contributed by atoms with Crippen LogP contribution in [0, 0.1) is 11.3 Å².